The summed E-state index contributed by atoms with van der Waals surface area (Å²) in [4.78, 5) is 0. The van der Waals surface area contributed by atoms with Gasteiger partial charge in [0.25, 0.3) is 0 Å². The van der Waals surface area contributed by atoms with Gasteiger partial charge in [0.05, 0.1) is 0 Å². The van der Waals surface area contributed by atoms with Gasteiger partial charge >= 0.3 is 8.56 Å². The van der Waals surface area contributed by atoms with Gasteiger partial charge in [0.1, 0.15) is 0 Å². The Hall–Kier alpha value is 0.0569. The number of hydrogen-bond acceptors (Lipinski definition) is 4. The van der Waals surface area contributed by atoms with Gasteiger partial charge in [-0.1, -0.05) is 19.8 Å². The van der Waals surface area contributed by atoms with Crippen LogP contribution < -0.4 is 11.1 Å². The molecule has 4 nitrogen and oxygen atoms in total. The highest BCUT2D eigenvalue weighted by atomic mass is 28.4. The largest absolute Gasteiger partial charge is 0.398 e. The number of nitrogens with one attached hydrogen (secondary N) is 1. The van der Waals surface area contributed by atoms with E-state index in [0.717, 1.165) is 44.6 Å². The molecule has 0 rings (SSSR count). The Balaban J connectivity index is 3.38. The standard InChI is InChI=1S/C13H32N2O2Si/c1-4-18(16-2,17-3)13-9-12-15-11-8-6-5-7-10-14/h15H,4-14H2,1-3H3. The van der Waals surface area contributed by atoms with Crippen molar-refractivity contribution >= 4 is 8.56 Å². The molecule has 0 aliphatic rings. The molecule has 0 radical (unpaired) electrons. The van der Waals surface area contributed by atoms with E-state index in [4.69, 9.17) is 14.6 Å². The topological polar surface area (TPSA) is 56.5 Å². The van der Waals surface area contributed by atoms with E-state index < -0.39 is 8.56 Å². The quantitative estimate of drug-likeness (QED) is 0.400. The minimum absolute atomic E-state index is 0.825. The molecule has 0 aromatic heterocycles. The van der Waals surface area contributed by atoms with Crippen LogP contribution in [0.5, 0.6) is 0 Å². The van der Waals surface area contributed by atoms with Crippen LogP contribution in [-0.2, 0) is 8.85 Å². The van der Waals surface area contributed by atoms with Crippen molar-refractivity contribution in [2.24, 2.45) is 5.73 Å². The SMILES string of the molecule is CC[Si](CCCNCCCCCCN)(OC)OC. The third-order valence-corrected chi connectivity index (χ3v) is 7.18. The smallest absolute Gasteiger partial charge is 0.337 e. The lowest BCUT2D eigenvalue weighted by Gasteiger charge is -2.25. The predicted octanol–water partition coefficient (Wildman–Crippen LogP) is 2.24. The summed E-state index contributed by atoms with van der Waals surface area (Å²) in [5.74, 6) is 0. The fraction of sp³-hybridized carbons (Fsp3) is 1.00. The molecule has 0 unspecified atom stereocenters. The first-order chi connectivity index (χ1) is 8.74. The Morgan fingerprint density at radius 3 is 2.11 bits per heavy atom. The number of rotatable bonds is 13. The minimum atomic E-state index is -1.86. The summed E-state index contributed by atoms with van der Waals surface area (Å²) < 4.78 is 11.2. The monoisotopic (exact) mass is 276 g/mol. The molecule has 0 aliphatic carbocycles. The minimum Gasteiger partial charge on any atom is -0.398 e. The molecule has 0 spiro atoms. The second kappa shape index (κ2) is 12.1. The van der Waals surface area contributed by atoms with Crippen molar-refractivity contribution in [2.45, 2.75) is 51.1 Å². The zero-order chi connectivity index (χ0) is 13.7. The summed E-state index contributed by atoms with van der Waals surface area (Å²) in [6.45, 7) is 5.17. The van der Waals surface area contributed by atoms with Crippen LogP contribution in [0.4, 0.5) is 0 Å². The van der Waals surface area contributed by atoms with Gasteiger partial charge in [-0.05, 0) is 51.0 Å². The van der Waals surface area contributed by atoms with E-state index in [1.165, 1.54) is 19.3 Å². The molecule has 0 saturated carbocycles. The van der Waals surface area contributed by atoms with Crippen molar-refractivity contribution in [1.29, 1.82) is 0 Å². The van der Waals surface area contributed by atoms with Crippen LogP contribution in [0.3, 0.4) is 0 Å². The Labute approximate surface area is 114 Å². The summed E-state index contributed by atoms with van der Waals surface area (Å²) >= 11 is 0. The van der Waals surface area contributed by atoms with Gasteiger partial charge in [-0.2, -0.15) is 0 Å². The van der Waals surface area contributed by atoms with E-state index in [-0.39, 0.29) is 0 Å². The number of hydrogen-bond donors (Lipinski definition) is 2. The van der Waals surface area contributed by atoms with Crippen molar-refractivity contribution in [2.75, 3.05) is 33.9 Å². The second-order valence-corrected chi connectivity index (χ2v) is 8.57. The first-order valence-corrected chi connectivity index (χ1v) is 9.49. The van der Waals surface area contributed by atoms with Gasteiger partial charge in [-0.25, -0.2) is 0 Å². The molecule has 3 N–H and O–H groups in total. The Morgan fingerprint density at radius 1 is 0.944 bits per heavy atom. The van der Waals surface area contributed by atoms with Gasteiger partial charge in [-0.15, -0.1) is 0 Å². The molecule has 5 heteroatoms. The molecule has 0 bridgehead atoms. The van der Waals surface area contributed by atoms with Crippen LogP contribution in [0.15, 0.2) is 0 Å². The summed E-state index contributed by atoms with van der Waals surface area (Å²) in [5.41, 5.74) is 5.45. The van der Waals surface area contributed by atoms with Crippen LogP contribution in [0.1, 0.15) is 39.0 Å². The normalized spacial score (nSPS) is 12.0. The van der Waals surface area contributed by atoms with Gasteiger partial charge in [-0.3, -0.25) is 0 Å². The average molecular weight is 276 g/mol. The molecule has 0 aromatic rings. The maximum atomic E-state index is 5.59. The zero-order valence-corrected chi connectivity index (χ0v) is 13.5. The molecular formula is C13H32N2O2Si. The fourth-order valence-corrected chi connectivity index (χ4v) is 4.33. The molecule has 0 heterocycles. The molecule has 0 fully saturated rings. The average Bonchev–Trinajstić information content (AvgIpc) is 2.42. The Bertz CT molecular complexity index is 170. The predicted molar refractivity (Wildman–Crippen MR) is 80.1 cm³/mol. The molecule has 18 heavy (non-hydrogen) atoms. The molecule has 0 aromatic carbocycles. The van der Waals surface area contributed by atoms with E-state index in [1.807, 2.05) is 0 Å². The van der Waals surface area contributed by atoms with Crippen LogP contribution >= 0.6 is 0 Å². The van der Waals surface area contributed by atoms with E-state index in [1.54, 1.807) is 14.2 Å². The first kappa shape index (κ1) is 18.1. The molecule has 110 valence electrons. The number of unbranched alkanes of at least 4 members (excludes halogenated alkanes) is 3. The molecule has 0 amide bonds. The highest BCUT2D eigenvalue weighted by Gasteiger charge is 2.32. The lowest BCUT2D eigenvalue weighted by molar-refractivity contribution is 0.241. The van der Waals surface area contributed by atoms with Crippen molar-refractivity contribution < 1.29 is 8.85 Å². The molecular weight excluding hydrogens is 244 g/mol. The van der Waals surface area contributed by atoms with Gasteiger partial charge in [0, 0.05) is 14.2 Å². The lowest BCUT2D eigenvalue weighted by Crippen LogP contribution is -2.39. The van der Waals surface area contributed by atoms with E-state index in [0.29, 0.717) is 0 Å². The van der Waals surface area contributed by atoms with E-state index >= 15 is 0 Å². The van der Waals surface area contributed by atoms with E-state index in [9.17, 15) is 0 Å². The Morgan fingerprint density at radius 2 is 1.56 bits per heavy atom. The van der Waals surface area contributed by atoms with Crippen LogP contribution in [0.2, 0.25) is 12.1 Å². The van der Waals surface area contributed by atoms with Crippen LogP contribution in [-0.4, -0.2) is 42.4 Å². The zero-order valence-electron chi connectivity index (χ0n) is 12.5. The fourth-order valence-electron chi connectivity index (χ4n) is 2.11. The van der Waals surface area contributed by atoms with Crippen molar-refractivity contribution in [3.8, 4) is 0 Å². The Kier molecular flexibility index (Phi) is 12.1. The van der Waals surface area contributed by atoms with Gasteiger partial charge in [0.2, 0.25) is 0 Å². The second-order valence-electron chi connectivity index (χ2n) is 4.73. The summed E-state index contributed by atoms with van der Waals surface area (Å²) in [5, 5.41) is 3.49. The van der Waals surface area contributed by atoms with Crippen molar-refractivity contribution in [3.63, 3.8) is 0 Å². The summed E-state index contributed by atoms with van der Waals surface area (Å²) in [6.07, 6.45) is 6.10. The third kappa shape index (κ3) is 8.21. The van der Waals surface area contributed by atoms with Crippen molar-refractivity contribution in [1.82, 2.24) is 5.32 Å². The third-order valence-electron chi connectivity index (χ3n) is 3.50. The van der Waals surface area contributed by atoms with E-state index in [2.05, 4.69) is 12.2 Å². The molecule has 0 saturated heterocycles. The highest BCUT2D eigenvalue weighted by molar-refractivity contribution is 6.67. The summed E-state index contributed by atoms with van der Waals surface area (Å²) in [6, 6.07) is 2.11. The highest BCUT2D eigenvalue weighted by Crippen LogP contribution is 2.18. The van der Waals surface area contributed by atoms with Crippen LogP contribution in [0, 0.1) is 0 Å². The van der Waals surface area contributed by atoms with Crippen molar-refractivity contribution in [3.05, 3.63) is 0 Å². The maximum absolute atomic E-state index is 5.59. The summed E-state index contributed by atoms with van der Waals surface area (Å²) in [7, 11) is 1.71. The molecule has 0 aliphatic heterocycles. The molecule has 0 atom stereocenters. The number of nitrogens with two attached hydrogens (primary N) is 1. The van der Waals surface area contributed by atoms with Crippen LogP contribution in [0.25, 0.3) is 0 Å². The lowest BCUT2D eigenvalue weighted by atomic mass is 10.2. The first-order valence-electron chi connectivity index (χ1n) is 7.25. The van der Waals surface area contributed by atoms with Gasteiger partial charge in [0.15, 0.2) is 0 Å². The maximum Gasteiger partial charge on any atom is 0.337 e. The van der Waals surface area contributed by atoms with Gasteiger partial charge < -0.3 is 19.9 Å².